The normalized spacial score (nSPS) is 17.0. The van der Waals surface area contributed by atoms with E-state index in [4.69, 9.17) is 4.74 Å². The molecule has 2 rings (SSSR count). The Balaban J connectivity index is 2.52. The fourth-order valence-electron chi connectivity index (χ4n) is 1.62. The first kappa shape index (κ1) is 12.0. The zero-order chi connectivity index (χ0) is 12.6. The van der Waals surface area contributed by atoms with Crippen LogP contribution in [0.5, 0.6) is 0 Å². The smallest absolute Gasteiger partial charge is 0.340 e. The van der Waals surface area contributed by atoms with Gasteiger partial charge in [-0.05, 0) is 37.7 Å². The van der Waals surface area contributed by atoms with Crippen LogP contribution in [0.4, 0.5) is 5.69 Å². The van der Waals surface area contributed by atoms with Crippen molar-refractivity contribution < 1.29 is 14.3 Å². The molecule has 0 unspecified atom stereocenters. The van der Waals surface area contributed by atoms with Crippen molar-refractivity contribution in [1.82, 2.24) is 0 Å². The molecule has 0 atom stereocenters. The first-order chi connectivity index (χ1) is 7.95. The fourth-order valence-corrected chi connectivity index (χ4v) is 2.53. The molecule has 1 aliphatic heterocycles. The minimum Gasteiger partial charge on any atom is -0.465 e. The average Bonchev–Trinajstić information content (AvgIpc) is 2.28. The van der Waals surface area contributed by atoms with Crippen LogP contribution in [0.1, 0.15) is 24.2 Å². The standard InChI is InChI=1S/C12H13NO3S/c1-12(2)11(15)17-8-6-4-5-7(9(8)13-12)10(14)16-3/h4-6,13H,1-3H3. The molecule has 17 heavy (non-hydrogen) atoms. The highest BCUT2D eigenvalue weighted by Gasteiger charge is 2.35. The average molecular weight is 251 g/mol. The van der Waals surface area contributed by atoms with Crippen molar-refractivity contribution in [3.05, 3.63) is 23.8 Å². The van der Waals surface area contributed by atoms with Gasteiger partial charge < -0.3 is 10.1 Å². The Morgan fingerprint density at radius 2 is 2.12 bits per heavy atom. The van der Waals surface area contributed by atoms with E-state index < -0.39 is 11.5 Å². The third-order valence-electron chi connectivity index (χ3n) is 2.58. The van der Waals surface area contributed by atoms with E-state index in [1.807, 2.05) is 6.07 Å². The van der Waals surface area contributed by atoms with Gasteiger partial charge in [0.05, 0.1) is 18.4 Å². The van der Waals surface area contributed by atoms with Gasteiger partial charge in [-0.2, -0.15) is 0 Å². The topological polar surface area (TPSA) is 55.4 Å². The van der Waals surface area contributed by atoms with E-state index in [9.17, 15) is 9.59 Å². The molecular formula is C12H13NO3S. The van der Waals surface area contributed by atoms with Crippen LogP contribution in [0, 0.1) is 0 Å². The summed E-state index contributed by atoms with van der Waals surface area (Å²) in [5, 5.41) is 3.13. The van der Waals surface area contributed by atoms with Crippen LogP contribution in [-0.4, -0.2) is 23.7 Å². The van der Waals surface area contributed by atoms with Gasteiger partial charge in [-0.15, -0.1) is 0 Å². The highest BCUT2D eigenvalue weighted by atomic mass is 32.2. The monoisotopic (exact) mass is 251 g/mol. The number of nitrogens with one attached hydrogen (secondary N) is 1. The van der Waals surface area contributed by atoms with Crippen LogP contribution in [0.15, 0.2) is 23.1 Å². The third kappa shape index (κ3) is 2.02. The van der Waals surface area contributed by atoms with Crippen molar-refractivity contribution in [2.75, 3.05) is 12.4 Å². The Labute approximate surface area is 104 Å². The number of para-hydroxylation sites is 1. The lowest BCUT2D eigenvalue weighted by atomic mass is 10.0. The van der Waals surface area contributed by atoms with Gasteiger partial charge in [0.1, 0.15) is 5.54 Å². The quantitative estimate of drug-likeness (QED) is 0.776. The predicted octanol–water partition coefficient (Wildman–Crippen LogP) is 2.30. The van der Waals surface area contributed by atoms with E-state index in [1.54, 1.807) is 26.0 Å². The Hall–Kier alpha value is -1.49. The number of benzene rings is 1. The minimum atomic E-state index is -0.679. The number of thioether (sulfide) groups is 1. The van der Waals surface area contributed by atoms with Crippen LogP contribution in [-0.2, 0) is 9.53 Å². The lowest BCUT2D eigenvalue weighted by Gasteiger charge is -2.32. The Morgan fingerprint density at radius 3 is 2.76 bits per heavy atom. The summed E-state index contributed by atoms with van der Waals surface area (Å²) >= 11 is 1.15. The molecule has 4 nitrogen and oxygen atoms in total. The lowest BCUT2D eigenvalue weighted by molar-refractivity contribution is -0.114. The SMILES string of the molecule is COC(=O)c1cccc2c1NC(C)(C)C(=O)S2. The zero-order valence-electron chi connectivity index (χ0n) is 9.87. The molecule has 0 radical (unpaired) electrons. The molecule has 90 valence electrons. The molecule has 0 saturated carbocycles. The van der Waals surface area contributed by atoms with Crippen LogP contribution in [0.25, 0.3) is 0 Å². The van der Waals surface area contributed by atoms with Gasteiger partial charge in [-0.3, -0.25) is 4.79 Å². The number of carbonyl (C=O) groups excluding carboxylic acids is 2. The van der Waals surface area contributed by atoms with E-state index >= 15 is 0 Å². The van der Waals surface area contributed by atoms with Crippen LogP contribution in [0.2, 0.25) is 0 Å². The number of rotatable bonds is 1. The van der Waals surface area contributed by atoms with Crippen LogP contribution < -0.4 is 5.32 Å². The van der Waals surface area contributed by atoms with E-state index in [0.717, 1.165) is 16.7 Å². The second kappa shape index (κ2) is 4.07. The molecule has 1 aromatic rings. The van der Waals surface area contributed by atoms with Gasteiger partial charge in [0.2, 0.25) is 5.12 Å². The molecule has 0 saturated heterocycles. The summed E-state index contributed by atoms with van der Waals surface area (Å²) in [5.41, 5.74) is 0.453. The summed E-state index contributed by atoms with van der Waals surface area (Å²) in [6.07, 6.45) is 0. The van der Waals surface area contributed by atoms with Crippen molar-refractivity contribution in [1.29, 1.82) is 0 Å². The van der Waals surface area contributed by atoms with Crippen LogP contribution in [0.3, 0.4) is 0 Å². The molecule has 1 aliphatic rings. The molecule has 0 bridgehead atoms. The van der Waals surface area contributed by atoms with E-state index in [-0.39, 0.29) is 5.12 Å². The fraction of sp³-hybridized carbons (Fsp3) is 0.333. The molecule has 1 N–H and O–H groups in total. The lowest BCUT2D eigenvalue weighted by Crippen LogP contribution is -2.41. The first-order valence-corrected chi connectivity index (χ1v) is 5.99. The summed E-state index contributed by atoms with van der Waals surface area (Å²) in [5.74, 6) is -0.403. The van der Waals surface area contributed by atoms with Gasteiger partial charge in [-0.25, -0.2) is 4.79 Å². The van der Waals surface area contributed by atoms with Gasteiger partial charge in [0.25, 0.3) is 0 Å². The van der Waals surface area contributed by atoms with Gasteiger partial charge in [0, 0.05) is 4.90 Å². The molecule has 0 aromatic heterocycles. The molecule has 0 amide bonds. The van der Waals surface area contributed by atoms with Crippen molar-refractivity contribution in [2.45, 2.75) is 24.3 Å². The molecule has 5 heteroatoms. The van der Waals surface area contributed by atoms with E-state index in [0.29, 0.717) is 11.3 Å². The van der Waals surface area contributed by atoms with Crippen molar-refractivity contribution in [2.24, 2.45) is 0 Å². The molecule has 1 heterocycles. The summed E-state index contributed by atoms with van der Waals surface area (Å²) in [7, 11) is 1.34. The first-order valence-electron chi connectivity index (χ1n) is 5.17. The minimum absolute atomic E-state index is 0.0343. The zero-order valence-corrected chi connectivity index (χ0v) is 10.7. The molecular weight excluding hydrogens is 238 g/mol. The number of ether oxygens (including phenoxy) is 1. The second-order valence-corrected chi connectivity index (χ2v) is 5.32. The maximum absolute atomic E-state index is 11.8. The highest BCUT2D eigenvalue weighted by molar-refractivity contribution is 8.14. The number of fused-ring (bicyclic) bond motifs is 1. The van der Waals surface area contributed by atoms with Crippen molar-refractivity contribution in [3.8, 4) is 0 Å². The maximum Gasteiger partial charge on any atom is 0.340 e. The molecule has 0 spiro atoms. The summed E-state index contributed by atoms with van der Waals surface area (Å²) < 4.78 is 4.72. The van der Waals surface area contributed by atoms with Crippen molar-refractivity contribution >= 4 is 28.5 Å². The Morgan fingerprint density at radius 1 is 1.41 bits per heavy atom. The highest BCUT2D eigenvalue weighted by Crippen LogP contribution is 2.40. The second-order valence-electron chi connectivity index (χ2n) is 4.31. The predicted molar refractivity (Wildman–Crippen MR) is 66.3 cm³/mol. The number of hydrogen-bond donors (Lipinski definition) is 1. The van der Waals surface area contributed by atoms with Crippen molar-refractivity contribution in [3.63, 3.8) is 0 Å². The molecule has 0 aliphatic carbocycles. The number of hydrogen-bond acceptors (Lipinski definition) is 5. The molecule has 1 aromatic carbocycles. The summed E-state index contributed by atoms with van der Waals surface area (Å²) in [6.45, 7) is 3.58. The Kier molecular flexibility index (Phi) is 2.87. The van der Waals surface area contributed by atoms with Crippen LogP contribution >= 0.6 is 11.8 Å². The summed E-state index contributed by atoms with van der Waals surface area (Å²) in [4.78, 5) is 24.2. The maximum atomic E-state index is 11.8. The Bertz CT molecular complexity index is 497. The number of carbonyl (C=O) groups is 2. The van der Waals surface area contributed by atoms with Gasteiger partial charge >= 0.3 is 5.97 Å². The largest absolute Gasteiger partial charge is 0.465 e. The van der Waals surface area contributed by atoms with E-state index in [2.05, 4.69) is 5.32 Å². The van der Waals surface area contributed by atoms with Gasteiger partial charge in [0.15, 0.2) is 0 Å². The van der Waals surface area contributed by atoms with E-state index in [1.165, 1.54) is 7.11 Å². The summed E-state index contributed by atoms with van der Waals surface area (Å²) in [6, 6.07) is 5.24. The van der Waals surface area contributed by atoms with Gasteiger partial charge in [-0.1, -0.05) is 6.07 Å². The third-order valence-corrected chi connectivity index (χ3v) is 3.84. The molecule has 0 fully saturated rings. The number of methoxy groups -OCH3 is 1. The number of anilines is 1. The number of esters is 1.